The van der Waals surface area contributed by atoms with E-state index < -0.39 is 11.7 Å². The average molecular weight is 389 g/mol. The molecule has 1 aromatic heterocycles. The van der Waals surface area contributed by atoms with Crippen LogP contribution < -0.4 is 16.4 Å². The molecule has 4 N–H and O–H groups in total. The van der Waals surface area contributed by atoms with Crippen molar-refractivity contribution in [2.24, 2.45) is 5.73 Å². The summed E-state index contributed by atoms with van der Waals surface area (Å²) in [5.74, 6) is 1.14. The molecule has 0 fully saturated rings. The van der Waals surface area contributed by atoms with Crippen molar-refractivity contribution in [3.8, 4) is 0 Å². The van der Waals surface area contributed by atoms with Gasteiger partial charge in [-0.2, -0.15) is 18.2 Å². The molecule has 0 atom stereocenters. The first-order valence-corrected chi connectivity index (χ1v) is 9.08. The third-order valence-corrected chi connectivity index (χ3v) is 4.23. The second kappa shape index (κ2) is 8.88. The molecule has 0 bridgehead atoms. The Labute approximate surface area is 161 Å². The zero-order chi connectivity index (χ0) is 20.0. The molecule has 28 heavy (non-hydrogen) atoms. The van der Waals surface area contributed by atoms with E-state index in [0.717, 1.165) is 23.4 Å². The number of anilines is 2. The Morgan fingerprint density at radius 3 is 2.54 bits per heavy atom. The molecule has 0 saturated heterocycles. The molecule has 1 heterocycles. The molecule has 3 rings (SSSR count). The minimum atomic E-state index is -4.34. The Balaban J connectivity index is 1.70. The van der Waals surface area contributed by atoms with Gasteiger partial charge in [0, 0.05) is 18.5 Å². The normalized spacial score (nSPS) is 11.6. The highest BCUT2D eigenvalue weighted by atomic mass is 19.4. The molecule has 0 spiro atoms. The second-order valence-electron chi connectivity index (χ2n) is 6.36. The van der Waals surface area contributed by atoms with E-state index in [9.17, 15) is 13.2 Å². The number of alkyl halides is 3. The molecular formula is C20H22F3N5. The number of hydrogen-bond donors (Lipinski definition) is 3. The SMILES string of the molecule is NCCCNc1nc(NCCc2cccc(C(F)(F)F)c2)nc2ccccc12. The molecule has 0 radical (unpaired) electrons. The lowest BCUT2D eigenvalue weighted by molar-refractivity contribution is -0.137. The zero-order valence-corrected chi connectivity index (χ0v) is 15.3. The predicted molar refractivity (Wildman–Crippen MR) is 105 cm³/mol. The summed E-state index contributed by atoms with van der Waals surface area (Å²) in [5, 5.41) is 7.28. The van der Waals surface area contributed by atoms with Crippen molar-refractivity contribution in [1.82, 2.24) is 9.97 Å². The quantitative estimate of drug-likeness (QED) is 0.507. The maximum absolute atomic E-state index is 12.8. The number of hydrogen-bond acceptors (Lipinski definition) is 5. The van der Waals surface area contributed by atoms with Crippen molar-refractivity contribution in [1.29, 1.82) is 0 Å². The molecule has 0 aliphatic carbocycles. The van der Waals surface area contributed by atoms with Gasteiger partial charge in [0.2, 0.25) is 5.95 Å². The van der Waals surface area contributed by atoms with Gasteiger partial charge in [-0.15, -0.1) is 0 Å². The molecule has 0 unspecified atom stereocenters. The lowest BCUT2D eigenvalue weighted by Gasteiger charge is -2.12. The highest BCUT2D eigenvalue weighted by molar-refractivity contribution is 5.89. The van der Waals surface area contributed by atoms with Crippen LogP contribution in [0.2, 0.25) is 0 Å². The van der Waals surface area contributed by atoms with Crippen molar-refractivity contribution in [2.75, 3.05) is 30.3 Å². The Kier molecular flexibility index (Phi) is 6.30. The Bertz CT molecular complexity index is 927. The number of para-hydroxylation sites is 1. The predicted octanol–water partition coefficient (Wildman–Crippen LogP) is 4.06. The van der Waals surface area contributed by atoms with Crippen molar-refractivity contribution in [2.45, 2.75) is 19.0 Å². The first kappa shape index (κ1) is 19.9. The summed E-state index contributed by atoms with van der Waals surface area (Å²) in [6, 6.07) is 13.0. The first-order valence-electron chi connectivity index (χ1n) is 9.08. The van der Waals surface area contributed by atoms with Crippen LogP contribution in [-0.4, -0.2) is 29.6 Å². The molecule has 8 heteroatoms. The van der Waals surface area contributed by atoms with Crippen LogP contribution in [0, 0.1) is 0 Å². The highest BCUT2D eigenvalue weighted by Gasteiger charge is 2.30. The van der Waals surface area contributed by atoms with Gasteiger partial charge in [0.25, 0.3) is 0 Å². The Morgan fingerprint density at radius 1 is 0.929 bits per heavy atom. The van der Waals surface area contributed by atoms with Crippen molar-refractivity contribution in [3.05, 3.63) is 59.7 Å². The topological polar surface area (TPSA) is 75.9 Å². The van der Waals surface area contributed by atoms with Crippen LogP contribution >= 0.6 is 0 Å². The molecule has 0 saturated carbocycles. The number of halogens is 3. The third-order valence-electron chi connectivity index (χ3n) is 4.23. The molecule has 148 valence electrons. The summed E-state index contributed by atoms with van der Waals surface area (Å²) in [7, 11) is 0. The summed E-state index contributed by atoms with van der Waals surface area (Å²) in [4.78, 5) is 8.99. The van der Waals surface area contributed by atoms with E-state index in [1.807, 2.05) is 24.3 Å². The summed E-state index contributed by atoms with van der Waals surface area (Å²) >= 11 is 0. The largest absolute Gasteiger partial charge is 0.416 e. The maximum Gasteiger partial charge on any atom is 0.416 e. The Hall–Kier alpha value is -2.87. The minimum absolute atomic E-state index is 0.419. The van der Waals surface area contributed by atoms with Crippen LogP contribution in [0.3, 0.4) is 0 Å². The minimum Gasteiger partial charge on any atom is -0.369 e. The van der Waals surface area contributed by atoms with Crippen LogP contribution in [0.4, 0.5) is 24.9 Å². The lowest BCUT2D eigenvalue weighted by atomic mass is 10.1. The van der Waals surface area contributed by atoms with E-state index in [4.69, 9.17) is 5.73 Å². The lowest BCUT2D eigenvalue weighted by Crippen LogP contribution is -2.13. The third kappa shape index (κ3) is 5.10. The van der Waals surface area contributed by atoms with Gasteiger partial charge in [-0.3, -0.25) is 0 Å². The zero-order valence-electron chi connectivity index (χ0n) is 15.3. The monoisotopic (exact) mass is 389 g/mol. The number of benzene rings is 2. The Morgan fingerprint density at radius 2 is 1.75 bits per heavy atom. The van der Waals surface area contributed by atoms with Gasteiger partial charge in [0.15, 0.2) is 0 Å². The maximum atomic E-state index is 12.8. The van der Waals surface area contributed by atoms with E-state index in [0.29, 0.717) is 43.4 Å². The summed E-state index contributed by atoms with van der Waals surface area (Å²) in [6.07, 6.45) is -3.10. The van der Waals surface area contributed by atoms with Crippen molar-refractivity contribution >= 4 is 22.7 Å². The van der Waals surface area contributed by atoms with Crippen LogP contribution in [0.5, 0.6) is 0 Å². The molecule has 5 nitrogen and oxygen atoms in total. The number of aromatic nitrogens is 2. The number of nitrogens with zero attached hydrogens (tertiary/aromatic N) is 2. The number of nitrogens with one attached hydrogen (secondary N) is 2. The smallest absolute Gasteiger partial charge is 0.369 e. The molecule has 0 aliphatic heterocycles. The van der Waals surface area contributed by atoms with E-state index in [2.05, 4.69) is 20.6 Å². The van der Waals surface area contributed by atoms with Gasteiger partial charge < -0.3 is 16.4 Å². The number of nitrogens with two attached hydrogens (primary N) is 1. The van der Waals surface area contributed by atoms with Crippen LogP contribution in [0.1, 0.15) is 17.5 Å². The van der Waals surface area contributed by atoms with Crippen LogP contribution in [0.15, 0.2) is 48.5 Å². The van der Waals surface area contributed by atoms with Crippen molar-refractivity contribution in [3.63, 3.8) is 0 Å². The van der Waals surface area contributed by atoms with E-state index >= 15 is 0 Å². The molecule has 3 aromatic rings. The molecule has 2 aromatic carbocycles. The van der Waals surface area contributed by atoms with E-state index in [1.165, 1.54) is 12.1 Å². The molecular weight excluding hydrogens is 367 g/mol. The highest BCUT2D eigenvalue weighted by Crippen LogP contribution is 2.29. The number of rotatable bonds is 8. The summed E-state index contributed by atoms with van der Waals surface area (Å²) < 4.78 is 38.5. The summed E-state index contributed by atoms with van der Waals surface area (Å²) in [6.45, 7) is 1.70. The van der Waals surface area contributed by atoms with Crippen LogP contribution in [-0.2, 0) is 12.6 Å². The fourth-order valence-corrected chi connectivity index (χ4v) is 2.82. The number of fused-ring (bicyclic) bond motifs is 1. The van der Waals surface area contributed by atoms with Crippen molar-refractivity contribution < 1.29 is 13.2 Å². The average Bonchev–Trinajstić information content (AvgIpc) is 2.68. The van der Waals surface area contributed by atoms with E-state index in [1.54, 1.807) is 6.07 Å². The van der Waals surface area contributed by atoms with Crippen LogP contribution in [0.25, 0.3) is 10.9 Å². The van der Waals surface area contributed by atoms with Gasteiger partial charge in [0.1, 0.15) is 5.82 Å². The first-order chi connectivity index (χ1) is 13.5. The second-order valence-corrected chi connectivity index (χ2v) is 6.36. The molecule has 0 aliphatic rings. The fourth-order valence-electron chi connectivity index (χ4n) is 2.82. The van der Waals surface area contributed by atoms with Gasteiger partial charge in [-0.1, -0.05) is 30.3 Å². The van der Waals surface area contributed by atoms with Gasteiger partial charge >= 0.3 is 6.18 Å². The fraction of sp³-hybridized carbons (Fsp3) is 0.300. The van der Waals surface area contributed by atoms with E-state index in [-0.39, 0.29) is 0 Å². The van der Waals surface area contributed by atoms with Gasteiger partial charge in [-0.25, -0.2) is 4.98 Å². The van der Waals surface area contributed by atoms with Gasteiger partial charge in [-0.05, 0) is 43.1 Å². The summed E-state index contributed by atoms with van der Waals surface area (Å²) in [5.41, 5.74) is 6.29. The molecule has 0 amide bonds. The standard InChI is InChI=1S/C20H22F3N5/c21-20(22,23)15-6-3-5-14(13-15)9-12-26-19-27-17-8-2-1-7-16(17)18(28-19)25-11-4-10-24/h1-3,5-8,13H,4,9-12,24H2,(H2,25,26,27,28). The van der Waals surface area contributed by atoms with Gasteiger partial charge in [0.05, 0.1) is 11.1 Å².